The van der Waals surface area contributed by atoms with E-state index in [0.717, 1.165) is 5.39 Å². The van der Waals surface area contributed by atoms with Crippen LogP contribution in [0.5, 0.6) is 0 Å². The van der Waals surface area contributed by atoms with Crippen LogP contribution in [-0.4, -0.2) is 29.3 Å². The molecule has 7 heteroatoms. The molecule has 3 rings (SSSR count). The van der Waals surface area contributed by atoms with Crippen molar-refractivity contribution in [2.45, 2.75) is 6.92 Å². The molecule has 1 amide bonds. The quantitative estimate of drug-likeness (QED) is 0.411. The molecule has 3 aromatic rings. The number of fused-ring (bicyclic) bond motifs is 1. The first-order valence-corrected chi connectivity index (χ1v) is 8.45. The molecule has 1 aromatic heterocycles. The number of ketones is 1. The van der Waals surface area contributed by atoms with Crippen LogP contribution in [0, 0.1) is 0 Å². The fourth-order valence-corrected chi connectivity index (χ4v) is 2.68. The number of esters is 1. The maximum Gasteiger partial charge on any atom is 0.338 e. The summed E-state index contributed by atoms with van der Waals surface area (Å²) in [6, 6.07) is 14.8. The van der Waals surface area contributed by atoms with E-state index >= 15 is 0 Å². The van der Waals surface area contributed by atoms with E-state index in [0.29, 0.717) is 27.5 Å². The van der Waals surface area contributed by atoms with Gasteiger partial charge in [0, 0.05) is 10.9 Å². The third-order valence-electron chi connectivity index (χ3n) is 3.81. The number of pyridine rings is 1. The van der Waals surface area contributed by atoms with Crippen LogP contribution in [0.2, 0.25) is 5.15 Å². The predicted molar refractivity (Wildman–Crippen MR) is 102 cm³/mol. The number of carbonyl (C=O) groups excluding carboxylic acids is 3. The highest BCUT2D eigenvalue weighted by molar-refractivity contribution is 6.29. The maximum atomic E-state index is 12.2. The first-order valence-electron chi connectivity index (χ1n) is 8.07. The molecule has 0 bridgehead atoms. The Morgan fingerprint density at radius 3 is 2.63 bits per heavy atom. The van der Waals surface area contributed by atoms with Gasteiger partial charge >= 0.3 is 5.97 Å². The first kappa shape index (κ1) is 18.5. The lowest BCUT2D eigenvalue weighted by Crippen LogP contribution is -2.22. The number of anilines is 1. The molecule has 0 aliphatic carbocycles. The monoisotopic (exact) mass is 382 g/mol. The predicted octanol–water partition coefficient (Wildman–Crippen LogP) is 3.89. The number of halogens is 1. The van der Waals surface area contributed by atoms with Gasteiger partial charge < -0.3 is 10.1 Å². The largest absolute Gasteiger partial charge is 0.452 e. The van der Waals surface area contributed by atoms with E-state index < -0.39 is 18.5 Å². The van der Waals surface area contributed by atoms with Gasteiger partial charge in [-0.25, -0.2) is 9.78 Å². The average Bonchev–Trinajstić information content (AvgIpc) is 2.66. The summed E-state index contributed by atoms with van der Waals surface area (Å²) in [7, 11) is 0. The molecule has 0 saturated heterocycles. The Labute approximate surface area is 160 Å². The van der Waals surface area contributed by atoms with Crippen molar-refractivity contribution in [1.82, 2.24) is 4.98 Å². The van der Waals surface area contributed by atoms with Crippen molar-refractivity contribution in [2.75, 3.05) is 11.9 Å². The summed E-state index contributed by atoms with van der Waals surface area (Å²) in [5.74, 6) is -1.35. The molecular formula is C20H15ClN2O4. The number of para-hydroxylation sites is 1. The molecule has 0 fully saturated rings. The summed E-state index contributed by atoms with van der Waals surface area (Å²) in [5.41, 5.74) is 1.71. The van der Waals surface area contributed by atoms with E-state index in [1.807, 2.05) is 0 Å². The number of nitrogens with one attached hydrogen (secondary N) is 1. The summed E-state index contributed by atoms with van der Waals surface area (Å²) < 4.78 is 5.05. The van der Waals surface area contributed by atoms with Crippen LogP contribution in [0.1, 0.15) is 27.6 Å². The molecule has 27 heavy (non-hydrogen) atoms. The minimum Gasteiger partial charge on any atom is -0.452 e. The van der Waals surface area contributed by atoms with Gasteiger partial charge in [-0.2, -0.15) is 0 Å². The summed E-state index contributed by atoms with van der Waals surface area (Å²) in [4.78, 5) is 40.0. The molecule has 1 N–H and O–H groups in total. The van der Waals surface area contributed by atoms with Crippen molar-refractivity contribution in [1.29, 1.82) is 0 Å². The lowest BCUT2D eigenvalue weighted by atomic mass is 10.1. The number of hydrogen-bond acceptors (Lipinski definition) is 5. The van der Waals surface area contributed by atoms with Crippen LogP contribution in [-0.2, 0) is 9.53 Å². The minimum absolute atomic E-state index is 0.173. The van der Waals surface area contributed by atoms with Crippen molar-refractivity contribution in [3.63, 3.8) is 0 Å². The molecule has 0 aliphatic heterocycles. The minimum atomic E-state index is -0.637. The van der Waals surface area contributed by atoms with Crippen molar-refractivity contribution >= 4 is 45.9 Å². The summed E-state index contributed by atoms with van der Waals surface area (Å²) in [6.07, 6.45) is 0. The SMILES string of the molecule is CC(=O)c1ccccc1NC(=O)COC(=O)c1ccc2nc(Cl)ccc2c1. The lowest BCUT2D eigenvalue weighted by molar-refractivity contribution is -0.119. The number of carbonyl (C=O) groups is 3. The fraction of sp³-hybridized carbons (Fsp3) is 0.100. The second-order valence-corrected chi connectivity index (χ2v) is 6.15. The van der Waals surface area contributed by atoms with Crippen LogP contribution in [0.25, 0.3) is 10.9 Å². The molecule has 0 atom stereocenters. The van der Waals surface area contributed by atoms with E-state index in [4.69, 9.17) is 16.3 Å². The molecule has 2 aromatic carbocycles. The zero-order chi connectivity index (χ0) is 19.4. The van der Waals surface area contributed by atoms with Gasteiger partial charge in [-0.15, -0.1) is 0 Å². The Hall–Kier alpha value is -3.25. The van der Waals surface area contributed by atoms with Crippen LogP contribution < -0.4 is 5.32 Å². The molecule has 0 unspecified atom stereocenters. The highest BCUT2D eigenvalue weighted by Gasteiger charge is 2.13. The average molecular weight is 383 g/mol. The third kappa shape index (κ3) is 4.48. The number of benzene rings is 2. The molecule has 0 radical (unpaired) electrons. The second-order valence-electron chi connectivity index (χ2n) is 5.77. The van der Waals surface area contributed by atoms with Crippen LogP contribution in [0.4, 0.5) is 5.69 Å². The summed E-state index contributed by atoms with van der Waals surface area (Å²) in [6.45, 7) is 0.939. The van der Waals surface area contributed by atoms with Gasteiger partial charge in [-0.1, -0.05) is 23.7 Å². The second kappa shape index (κ2) is 7.97. The number of rotatable bonds is 5. The van der Waals surface area contributed by atoms with Crippen molar-refractivity contribution in [3.8, 4) is 0 Å². The van der Waals surface area contributed by atoms with Gasteiger partial charge in [-0.3, -0.25) is 9.59 Å². The van der Waals surface area contributed by atoms with Gasteiger partial charge in [0.25, 0.3) is 5.91 Å². The Balaban J connectivity index is 1.64. The fourth-order valence-electron chi connectivity index (χ4n) is 2.53. The smallest absolute Gasteiger partial charge is 0.338 e. The zero-order valence-electron chi connectivity index (χ0n) is 14.4. The van der Waals surface area contributed by atoms with Gasteiger partial charge in [0.1, 0.15) is 5.15 Å². The van der Waals surface area contributed by atoms with Crippen LogP contribution >= 0.6 is 11.6 Å². The summed E-state index contributed by atoms with van der Waals surface area (Å²) >= 11 is 5.83. The van der Waals surface area contributed by atoms with Gasteiger partial charge in [0.05, 0.1) is 16.8 Å². The summed E-state index contributed by atoms with van der Waals surface area (Å²) in [5, 5.41) is 3.66. The van der Waals surface area contributed by atoms with Crippen LogP contribution in [0.15, 0.2) is 54.6 Å². The molecule has 1 heterocycles. The molecule has 6 nitrogen and oxygen atoms in total. The van der Waals surface area contributed by atoms with Crippen molar-refractivity contribution in [2.24, 2.45) is 0 Å². The Morgan fingerprint density at radius 2 is 1.85 bits per heavy atom. The standard InChI is InChI=1S/C20H15ClN2O4/c1-12(24)15-4-2-3-5-17(15)23-19(25)11-27-20(26)14-6-8-16-13(10-14)7-9-18(21)22-16/h2-10H,11H2,1H3,(H,23,25). The van der Waals surface area contributed by atoms with Gasteiger partial charge in [0.2, 0.25) is 0 Å². The van der Waals surface area contributed by atoms with Gasteiger partial charge in [0.15, 0.2) is 12.4 Å². The van der Waals surface area contributed by atoms with E-state index in [9.17, 15) is 14.4 Å². The Morgan fingerprint density at radius 1 is 1.07 bits per heavy atom. The lowest BCUT2D eigenvalue weighted by Gasteiger charge is -2.09. The molecule has 0 saturated carbocycles. The highest BCUT2D eigenvalue weighted by atomic mass is 35.5. The van der Waals surface area contributed by atoms with E-state index in [1.54, 1.807) is 54.6 Å². The number of amides is 1. The zero-order valence-corrected chi connectivity index (χ0v) is 15.1. The maximum absolute atomic E-state index is 12.2. The number of aromatic nitrogens is 1. The van der Waals surface area contributed by atoms with Gasteiger partial charge in [-0.05, 0) is 49.4 Å². The number of ether oxygens (including phenoxy) is 1. The van der Waals surface area contributed by atoms with Crippen molar-refractivity contribution in [3.05, 3.63) is 70.9 Å². The third-order valence-corrected chi connectivity index (χ3v) is 4.02. The molecule has 136 valence electrons. The van der Waals surface area contributed by atoms with E-state index in [1.165, 1.54) is 6.92 Å². The topological polar surface area (TPSA) is 85.4 Å². The van der Waals surface area contributed by atoms with E-state index in [2.05, 4.69) is 10.3 Å². The normalized spacial score (nSPS) is 10.4. The number of Topliss-reactive ketones (excluding diaryl/α,β-unsaturated/α-hetero) is 1. The molecular weight excluding hydrogens is 368 g/mol. The number of hydrogen-bond donors (Lipinski definition) is 1. The first-order chi connectivity index (χ1) is 12.9. The molecule has 0 spiro atoms. The number of nitrogens with zero attached hydrogens (tertiary/aromatic N) is 1. The highest BCUT2D eigenvalue weighted by Crippen LogP contribution is 2.18. The van der Waals surface area contributed by atoms with Crippen LogP contribution in [0.3, 0.4) is 0 Å². The van der Waals surface area contributed by atoms with Crippen molar-refractivity contribution < 1.29 is 19.1 Å². The molecule has 0 aliphatic rings. The van der Waals surface area contributed by atoms with E-state index in [-0.39, 0.29) is 5.78 Å². The Kier molecular flexibility index (Phi) is 5.47. The Bertz CT molecular complexity index is 1050.